The zero-order chi connectivity index (χ0) is 20.2. The van der Waals surface area contributed by atoms with Crippen LogP contribution in [0.3, 0.4) is 0 Å². The molecule has 4 rings (SSSR count). The number of carbonyl (C=O) groups excluding carboxylic acids is 1. The first-order chi connectivity index (χ1) is 14.2. The molecule has 0 bridgehead atoms. The Kier molecular flexibility index (Phi) is 5.71. The van der Waals surface area contributed by atoms with Gasteiger partial charge in [-0.2, -0.15) is 16.9 Å². The third-order valence-corrected chi connectivity index (χ3v) is 5.75. The molecular formula is C21H22N4O3S. The number of carbonyl (C=O) groups is 1. The number of anilines is 2. The van der Waals surface area contributed by atoms with Crippen LogP contribution in [0, 0.1) is 0 Å². The fourth-order valence-corrected chi connectivity index (χ4v) is 4.27. The second-order valence-electron chi connectivity index (χ2n) is 6.71. The Hall–Kier alpha value is -3.00. The summed E-state index contributed by atoms with van der Waals surface area (Å²) in [5, 5.41) is 8.78. The molecule has 1 N–H and O–H groups in total. The lowest BCUT2D eigenvalue weighted by molar-refractivity contribution is -0.117. The summed E-state index contributed by atoms with van der Waals surface area (Å²) in [6.45, 7) is 1.59. The van der Waals surface area contributed by atoms with Crippen molar-refractivity contribution in [3.8, 4) is 5.75 Å². The summed E-state index contributed by atoms with van der Waals surface area (Å²) in [6.07, 6.45) is 0. The standard InChI is InChI=1S/C21H22N4O3S/c1-28-16-6-4-5-15(13-16)22-19(26)14-25-21(27)18-8-3-2-7-17(18)20(23-25)24-9-11-29-12-10-24/h2-8,13H,9-12,14H2,1H3,(H,22,26). The Labute approximate surface area is 172 Å². The summed E-state index contributed by atoms with van der Waals surface area (Å²) in [5.41, 5.74) is 0.341. The van der Waals surface area contributed by atoms with E-state index >= 15 is 0 Å². The molecule has 2 aromatic carbocycles. The number of ether oxygens (including phenoxy) is 1. The summed E-state index contributed by atoms with van der Waals surface area (Å²) < 4.78 is 6.44. The number of rotatable bonds is 5. The zero-order valence-electron chi connectivity index (χ0n) is 16.1. The van der Waals surface area contributed by atoms with Gasteiger partial charge in [-0.25, -0.2) is 4.68 Å². The van der Waals surface area contributed by atoms with Crippen molar-refractivity contribution in [3.05, 3.63) is 58.9 Å². The molecule has 0 spiro atoms. The van der Waals surface area contributed by atoms with E-state index in [0.717, 1.165) is 35.8 Å². The monoisotopic (exact) mass is 410 g/mol. The largest absolute Gasteiger partial charge is 0.497 e. The first kappa shape index (κ1) is 19.3. The molecule has 1 aliphatic heterocycles. The van der Waals surface area contributed by atoms with Crippen LogP contribution in [0.2, 0.25) is 0 Å². The molecule has 0 aliphatic carbocycles. The van der Waals surface area contributed by atoms with Crippen LogP contribution >= 0.6 is 11.8 Å². The molecule has 3 aromatic rings. The SMILES string of the molecule is COc1cccc(NC(=O)Cn2nc(N3CCSCC3)c3ccccc3c2=O)c1. The van der Waals surface area contributed by atoms with E-state index in [1.165, 1.54) is 4.68 Å². The molecule has 1 saturated heterocycles. The molecule has 0 radical (unpaired) electrons. The summed E-state index contributed by atoms with van der Waals surface area (Å²) in [7, 11) is 1.57. The van der Waals surface area contributed by atoms with Crippen molar-refractivity contribution in [2.24, 2.45) is 0 Å². The van der Waals surface area contributed by atoms with Gasteiger partial charge in [-0.15, -0.1) is 0 Å². The van der Waals surface area contributed by atoms with Crippen LogP contribution in [0.5, 0.6) is 5.75 Å². The molecule has 1 fully saturated rings. The van der Waals surface area contributed by atoms with E-state index < -0.39 is 0 Å². The van der Waals surface area contributed by atoms with E-state index in [9.17, 15) is 9.59 Å². The molecule has 2 heterocycles. The van der Waals surface area contributed by atoms with Crippen LogP contribution < -0.4 is 20.5 Å². The van der Waals surface area contributed by atoms with Gasteiger partial charge < -0.3 is 15.0 Å². The molecule has 29 heavy (non-hydrogen) atoms. The number of nitrogens with one attached hydrogen (secondary N) is 1. The third kappa shape index (κ3) is 4.22. The van der Waals surface area contributed by atoms with Crippen molar-refractivity contribution in [1.29, 1.82) is 0 Å². The third-order valence-electron chi connectivity index (χ3n) is 4.81. The number of methoxy groups -OCH3 is 1. The molecule has 0 saturated carbocycles. The highest BCUT2D eigenvalue weighted by Crippen LogP contribution is 2.24. The van der Waals surface area contributed by atoms with Crippen molar-refractivity contribution >= 4 is 39.9 Å². The van der Waals surface area contributed by atoms with Crippen LogP contribution in [0.15, 0.2) is 53.3 Å². The number of amides is 1. The average molecular weight is 410 g/mol. The van der Waals surface area contributed by atoms with Crippen LogP contribution in [0.4, 0.5) is 11.5 Å². The fraction of sp³-hybridized carbons (Fsp3) is 0.286. The molecule has 0 unspecified atom stereocenters. The minimum atomic E-state index is -0.316. The van der Waals surface area contributed by atoms with Gasteiger partial charge in [0.2, 0.25) is 5.91 Å². The molecule has 0 atom stereocenters. The molecule has 1 aliphatic rings. The van der Waals surface area contributed by atoms with Gasteiger partial charge in [0.05, 0.1) is 12.5 Å². The number of nitrogens with zero attached hydrogens (tertiary/aromatic N) is 3. The Bertz CT molecular complexity index is 1090. The number of fused-ring (bicyclic) bond motifs is 1. The molecule has 8 heteroatoms. The highest BCUT2D eigenvalue weighted by Gasteiger charge is 2.19. The van der Waals surface area contributed by atoms with Crippen molar-refractivity contribution in [2.45, 2.75) is 6.54 Å². The fourth-order valence-electron chi connectivity index (χ4n) is 3.37. The van der Waals surface area contributed by atoms with Crippen LogP contribution in [-0.2, 0) is 11.3 Å². The number of hydrogen-bond donors (Lipinski definition) is 1. The van der Waals surface area contributed by atoms with Gasteiger partial charge >= 0.3 is 0 Å². The maximum atomic E-state index is 12.9. The first-order valence-electron chi connectivity index (χ1n) is 9.42. The maximum Gasteiger partial charge on any atom is 0.275 e. The molecule has 1 aromatic heterocycles. The van der Waals surface area contributed by atoms with Crippen LogP contribution in [-0.4, -0.2) is 47.4 Å². The second kappa shape index (κ2) is 8.57. The van der Waals surface area contributed by atoms with Gasteiger partial charge in [0.25, 0.3) is 5.56 Å². The number of thioether (sulfide) groups is 1. The Balaban J connectivity index is 1.65. The zero-order valence-corrected chi connectivity index (χ0v) is 16.9. The molecular weight excluding hydrogens is 388 g/mol. The summed E-state index contributed by atoms with van der Waals surface area (Å²) >= 11 is 1.91. The van der Waals surface area contributed by atoms with Crippen molar-refractivity contribution in [3.63, 3.8) is 0 Å². The van der Waals surface area contributed by atoms with E-state index in [1.807, 2.05) is 30.0 Å². The van der Waals surface area contributed by atoms with Crippen molar-refractivity contribution < 1.29 is 9.53 Å². The predicted molar refractivity (Wildman–Crippen MR) is 117 cm³/mol. The smallest absolute Gasteiger partial charge is 0.275 e. The minimum Gasteiger partial charge on any atom is -0.497 e. The normalized spacial score (nSPS) is 14.0. The summed E-state index contributed by atoms with van der Waals surface area (Å²) in [5.74, 6) is 3.13. The van der Waals surface area contributed by atoms with Gasteiger partial charge in [0.15, 0.2) is 5.82 Å². The Morgan fingerprint density at radius 1 is 1.14 bits per heavy atom. The van der Waals surface area contributed by atoms with Gasteiger partial charge in [-0.05, 0) is 18.2 Å². The van der Waals surface area contributed by atoms with Crippen LogP contribution in [0.1, 0.15) is 0 Å². The van der Waals surface area contributed by atoms with Gasteiger partial charge in [0, 0.05) is 41.7 Å². The van der Waals surface area contributed by atoms with Crippen molar-refractivity contribution in [1.82, 2.24) is 9.78 Å². The molecule has 1 amide bonds. The minimum absolute atomic E-state index is 0.156. The van der Waals surface area contributed by atoms with Crippen molar-refractivity contribution in [2.75, 3.05) is 41.9 Å². The second-order valence-corrected chi connectivity index (χ2v) is 7.94. The maximum absolute atomic E-state index is 12.9. The predicted octanol–water partition coefficient (Wildman–Crippen LogP) is 2.60. The average Bonchev–Trinajstić information content (AvgIpc) is 2.76. The van der Waals surface area contributed by atoms with Crippen LogP contribution in [0.25, 0.3) is 10.8 Å². The quantitative estimate of drug-likeness (QED) is 0.697. The lowest BCUT2D eigenvalue weighted by Crippen LogP contribution is -2.37. The summed E-state index contributed by atoms with van der Waals surface area (Å²) in [6, 6.07) is 14.5. The Morgan fingerprint density at radius 3 is 2.66 bits per heavy atom. The molecule has 7 nitrogen and oxygen atoms in total. The number of aromatic nitrogens is 2. The van der Waals surface area contributed by atoms with E-state index in [1.54, 1.807) is 37.4 Å². The highest BCUT2D eigenvalue weighted by molar-refractivity contribution is 7.99. The topological polar surface area (TPSA) is 76.5 Å². The Morgan fingerprint density at radius 2 is 1.90 bits per heavy atom. The van der Waals surface area contributed by atoms with E-state index in [-0.39, 0.29) is 18.0 Å². The lowest BCUT2D eigenvalue weighted by atomic mass is 10.1. The van der Waals surface area contributed by atoms with Gasteiger partial charge in [0.1, 0.15) is 12.3 Å². The van der Waals surface area contributed by atoms with E-state index in [2.05, 4.69) is 15.3 Å². The first-order valence-corrected chi connectivity index (χ1v) is 10.6. The summed E-state index contributed by atoms with van der Waals surface area (Å²) in [4.78, 5) is 27.7. The highest BCUT2D eigenvalue weighted by atomic mass is 32.2. The lowest BCUT2D eigenvalue weighted by Gasteiger charge is -2.28. The number of hydrogen-bond acceptors (Lipinski definition) is 6. The molecule has 150 valence electrons. The van der Waals surface area contributed by atoms with E-state index in [0.29, 0.717) is 16.8 Å². The van der Waals surface area contributed by atoms with Gasteiger partial charge in [-0.1, -0.05) is 24.3 Å². The van der Waals surface area contributed by atoms with E-state index in [4.69, 9.17) is 4.74 Å². The number of benzene rings is 2. The van der Waals surface area contributed by atoms with Gasteiger partial charge in [-0.3, -0.25) is 9.59 Å².